The lowest BCUT2D eigenvalue weighted by Crippen LogP contribution is -2.23. The second-order valence-electron chi connectivity index (χ2n) is 5.41. The van der Waals surface area contributed by atoms with E-state index in [4.69, 9.17) is 4.18 Å². The highest BCUT2D eigenvalue weighted by Crippen LogP contribution is 2.28. The molecule has 1 heterocycles. The van der Waals surface area contributed by atoms with E-state index >= 15 is 0 Å². The molecule has 1 aliphatic rings. The number of rotatable bonds is 5. The van der Waals surface area contributed by atoms with E-state index < -0.39 is 25.6 Å². The first-order valence-electron chi connectivity index (χ1n) is 7.47. The number of nitrogens with zero attached hydrogens (tertiary/aromatic N) is 2. The third-order valence-corrected chi connectivity index (χ3v) is 5.05. The minimum Gasteiger partial charge on any atom is -0.379 e. The number of para-hydroxylation sites is 1. The normalized spacial score (nSPS) is 14.6. The number of nitro benzene ring substituents is 1. The molecule has 0 saturated carbocycles. The summed E-state index contributed by atoms with van der Waals surface area (Å²) in [5.41, 5.74) is 0.0970. The molecule has 0 unspecified atom stereocenters. The van der Waals surface area contributed by atoms with Crippen LogP contribution in [0.1, 0.15) is 12.8 Å². The van der Waals surface area contributed by atoms with Crippen LogP contribution in [0.3, 0.4) is 0 Å². The Morgan fingerprint density at radius 1 is 1.08 bits per heavy atom. The maximum atomic E-state index is 12.3. The zero-order chi connectivity index (χ0) is 18.0. The highest BCUT2D eigenvalue weighted by atomic mass is 32.2. The van der Waals surface area contributed by atoms with Gasteiger partial charge in [0.1, 0.15) is 5.75 Å². The number of carbonyl (C=O) groups is 1. The van der Waals surface area contributed by atoms with Crippen molar-refractivity contribution in [2.24, 2.45) is 0 Å². The Bertz CT molecular complexity index is 924. The average molecular weight is 362 g/mol. The van der Waals surface area contributed by atoms with E-state index in [0.717, 1.165) is 18.6 Å². The van der Waals surface area contributed by atoms with Crippen LogP contribution in [0.25, 0.3) is 0 Å². The molecule has 1 fully saturated rings. The Hall–Kier alpha value is -2.94. The fourth-order valence-corrected chi connectivity index (χ4v) is 3.69. The molecule has 0 spiro atoms. The standard InChI is InChI=1S/C16H14N2O6S/c19-16-6-3-11-17(16)12-7-9-13(10-8-12)24-25(22,23)15-5-2-1-4-14(15)18(20)21/h1-2,4-5,7-10H,3,6,11H2. The van der Waals surface area contributed by atoms with Crippen LogP contribution in [-0.4, -0.2) is 25.8 Å². The van der Waals surface area contributed by atoms with Crippen molar-refractivity contribution >= 4 is 27.4 Å². The number of hydrogen-bond donors (Lipinski definition) is 0. The van der Waals surface area contributed by atoms with Gasteiger partial charge in [0.15, 0.2) is 4.90 Å². The van der Waals surface area contributed by atoms with Gasteiger partial charge in [-0.15, -0.1) is 0 Å². The Morgan fingerprint density at radius 2 is 1.76 bits per heavy atom. The van der Waals surface area contributed by atoms with Gasteiger partial charge in [0.2, 0.25) is 5.91 Å². The van der Waals surface area contributed by atoms with Crippen LogP contribution >= 0.6 is 0 Å². The first-order valence-corrected chi connectivity index (χ1v) is 8.88. The summed E-state index contributed by atoms with van der Waals surface area (Å²) < 4.78 is 29.6. The molecule has 3 rings (SSSR count). The third kappa shape index (κ3) is 3.45. The van der Waals surface area contributed by atoms with Crippen LogP contribution in [0.2, 0.25) is 0 Å². The van der Waals surface area contributed by atoms with Crippen LogP contribution in [-0.2, 0) is 14.9 Å². The van der Waals surface area contributed by atoms with Crippen molar-refractivity contribution in [3.8, 4) is 5.75 Å². The highest BCUT2D eigenvalue weighted by molar-refractivity contribution is 7.87. The summed E-state index contributed by atoms with van der Waals surface area (Å²) in [6.45, 7) is 0.619. The van der Waals surface area contributed by atoms with Gasteiger partial charge >= 0.3 is 10.1 Å². The van der Waals surface area contributed by atoms with Crippen LogP contribution in [0.5, 0.6) is 5.75 Å². The first kappa shape index (κ1) is 16.9. The second-order valence-corrected chi connectivity index (χ2v) is 6.92. The van der Waals surface area contributed by atoms with Crippen LogP contribution in [0.15, 0.2) is 53.4 Å². The molecule has 1 saturated heterocycles. The molecule has 1 aliphatic heterocycles. The predicted molar refractivity (Wildman–Crippen MR) is 88.9 cm³/mol. The van der Waals surface area contributed by atoms with Crippen molar-refractivity contribution in [1.29, 1.82) is 0 Å². The fourth-order valence-electron chi connectivity index (χ4n) is 2.59. The Kier molecular flexibility index (Phi) is 4.41. The summed E-state index contributed by atoms with van der Waals surface area (Å²) in [6.07, 6.45) is 1.27. The smallest absolute Gasteiger partial charge is 0.346 e. The Balaban J connectivity index is 1.84. The highest BCUT2D eigenvalue weighted by Gasteiger charge is 2.27. The van der Waals surface area contributed by atoms with Gasteiger partial charge in [0, 0.05) is 24.7 Å². The molecule has 0 N–H and O–H groups in total. The Morgan fingerprint density at radius 3 is 2.36 bits per heavy atom. The number of benzene rings is 2. The maximum Gasteiger partial charge on any atom is 0.346 e. The molecule has 0 atom stereocenters. The number of anilines is 1. The second kappa shape index (κ2) is 6.52. The molecule has 25 heavy (non-hydrogen) atoms. The average Bonchev–Trinajstić information content (AvgIpc) is 3.01. The predicted octanol–water partition coefficient (Wildman–Crippen LogP) is 2.49. The largest absolute Gasteiger partial charge is 0.379 e. The topological polar surface area (TPSA) is 107 Å². The fraction of sp³-hybridized carbons (Fsp3) is 0.188. The third-order valence-electron chi connectivity index (χ3n) is 3.76. The van der Waals surface area contributed by atoms with Crippen molar-refractivity contribution in [3.05, 3.63) is 58.6 Å². The van der Waals surface area contributed by atoms with Gasteiger partial charge in [-0.2, -0.15) is 8.42 Å². The lowest BCUT2D eigenvalue weighted by Gasteiger charge is -2.16. The van der Waals surface area contributed by atoms with Crippen molar-refractivity contribution in [1.82, 2.24) is 0 Å². The van der Waals surface area contributed by atoms with Crippen LogP contribution in [0, 0.1) is 10.1 Å². The first-order chi connectivity index (χ1) is 11.9. The van der Waals surface area contributed by atoms with E-state index in [-0.39, 0.29) is 11.7 Å². The molecule has 0 radical (unpaired) electrons. The van der Waals surface area contributed by atoms with Crippen molar-refractivity contribution in [2.45, 2.75) is 17.7 Å². The maximum absolute atomic E-state index is 12.3. The van der Waals surface area contributed by atoms with Gasteiger partial charge in [-0.25, -0.2) is 0 Å². The summed E-state index contributed by atoms with van der Waals surface area (Å²) in [6, 6.07) is 10.9. The van der Waals surface area contributed by atoms with E-state index in [1.165, 1.54) is 24.3 Å². The number of hydrogen-bond acceptors (Lipinski definition) is 6. The van der Waals surface area contributed by atoms with E-state index in [1.54, 1.807) is 17.0 Å². The van der Waals surface area contributed by atoms with Gasteiger partial charge < -0.3 is 9.08 Å². The Labute approximate surface area is 143 Å². The summed E-state index contributed by atoms with van der Waals surface area (Å²) in [5, 5.41) is 11.0. The summed E-state index contributed by atoms with van der Waals surface area (Å²) in [4.78, 5) is 23.0. The molecule has 1 amide bonds. The van der Waals surface area contributed by atoms with Gasteiger partial charge in [-0.05, 0) is 36.8 Å². The van der Waals surface area contributed by atoms with Crippen LogP contribution in [0.4, 0.5) is 11.4 Å². The van der Waals surface area contributed by atoms with Gasteiger partial charge in [0.25, 0.3) is 5.69 Å². The van der Waals surface area contributed by atoms with Crippen molar-refractivity contribution in [3.63, 3.8) is 0 Å². The molecule has 130 valence electrons. The lowest BCUT2D eigenvalue weighted by atomic mass is 10.3. The number of amides is 1. The molecular formula is C16H14N2O6S. The summed E-state index contributed by atoms with van der Waals surface area (Å²) >= 11 is 0. The number of carbonyl (C=O) groups excluding carboxylic acids is 1. The summed E-state index contributed by atoms with van der Waals surface area (Å²) in [7, 11) is -4.35. The zero-order valence-electron chi connectivity index (χ0n) is 13.0. The number of nitro groups is 1. The molecule has 0 bridgehead atoms. The van der Waals surface area contributed by atoms with Gasteiger partial charge in [0.05, 0.1) is 4.92 Å². The minimum absolute atomic E-state index is 0.00791. The van der Waals surface area contributed by atoms with Crippen molar-refractivity contribution < 1.29 is 22.3 Å². The molecule has 0 aliphatic carbocycles. The molecule has 2 aromatic carbocycles. The van der Waals surface area contributed by atoms with E-state index in [9.17, 15) is 23.3 Å². The van der Waals surface area contributed by atoms with E-state index in [2.05, 4.69) is 0 Å². The SMILES string of the molecule is O=C1CCCN1c1ccc(OS(=O)(=O)c2ccccc2[N+](=O)[O-])cc1. The molecule has 0 aromatic heterocycles. The molecule has 2 aromatic rings. The molecular weight excluding hydrogens is 348 g/mol. The van der Waals surface area contributed by atoms with E-state index in [1.807, 2.05) is 0 Å². The summed E-state index contributed by atoms with van der Waals surface area (Å²) in [5.74, 6) is 0.0229. The molecule has 8 nitrogen and oxygen atoms in total. The van der Waals surface area contributed by atoms with Crippen LogP contribution < -0.4 is 9.08 Å². The lowest BCUT2D eigenvalue weighted by molar-refractivity contribution is -0.387. The monoisotopic (exact) mass is 362 g/mol. The van der Waals surface area contributed by atoms with Crippen molar-refractivity contribution in [2.75, 3.05) is 11.4 Å². The van der Waals surface area contributed by atoms with E-state index in [0.29, 0.717) is 18.7 Å². The zero-order valence-corrected chi connectivity index (χ0v) is 13.8. The molecule has 9 heteroatoms. The van der Waals surface area contributed by atoms with Gasteiger partial charge in [-0.1, -0.05) is 12.1 Å². The quantitative estimate of drug-likeness (QED) is 0.459. The minimum atomic E-state index is -4.35. The van der Waals surface area contributed by atoms with Gasteiger partial charge in [-0.3, -0.25) is 14.9 Å².